The zero-order valence-electron chi connectivity index (χ0n) is 13.8. The van der Waals surface area contributed by atoms with Gasteiger partial charge in [0.05, 0.1) is 12.8 Å². The van der Waals surface area contributed by atoms with E-state index in [4.69, 9.17) is 6.57 Å². The highest BCUT2D eigenvalue weighted by Gasteiger charge is 2.41. The Morgan fingerprint density at radius 1 is 1.25 bits per heavy atom. The van der Waals surface area contributed by atoms with Gasteiger partial charge in [-0.05, 0) is 11.6 Å². The maximum Gasteiger partial charge on any atom is 0.389 e. The van der Waals surface area contributed by atoms with Gasteiger partial charge in [-0.15, -0.1) is 5.54 Å². The quantitative estimate of drug-likeness (QED) is 0.460. The zero-order chi connectivity index (χ0) is 18.4. The first kappa shape index (κ1) is 19.7. The predicted octanol–water partition coefficient (Wildman–Crippen LogP) is 4.38. The lowest BCUT2D eigenvalue weighted by atomic mass is 9.89. The molecule has 0 aliphatic rings. The van der Waals surface area contributed by atoms with Gasteiger partial charge in [0.15, 0.2) is 6.07 Å². The van der Waals surface area contributed by atoms with Gasteiger partial charge in [0, 0.05) is 12.6 Å². The molecule has 126 valence electrons. The lowest BCUT2D eigenvalue weighted by Gasteiger charge is -2.15. The van der Waals surface area contributed by atoms with Crippen LogP contribution in [-0.4, -0.2) is 24.8 Å². The topological polar surface area (TPSA) is 41.0 Å². The molecule has 1 aromatic rings. The van der Waals surface area contributed by atoms with Crippen LogP contribution in [0.2, 0.25) is 19.6 Å². The van der Waals surface area contributed by atoms with Crippen LogP contribution in [0.1, 0.15) is 24.1 Å². The van der Waals surface area contributed by atoms with E-state index in [0.29, 0.717) is 11.3 Å². The zero-order valence-corrected chi connectivity index (χ0v) is 14.8. The van der Waals surface area contributed by atoms with Crippen molar-refractivity contribution in [3.63, 3.8) is 0 Å². The molecule has 0 fully saturated rings. The number of hydrogen-bond donors (Lipinski definition) is 0. The Hall–Kier alpha value is -2.30. The number of hydrogen-bond acceptors (Lipinski definition) is 2. The molecule has 1 unspecified atom stereocenters. The van der Waals surface area contributed by atoms with Crippen molar-refractivity contribution >= 4 is 8.07 Å². The first-order valence-electron chi connectivity index (χ1n) is 7.33. The van der Waals surface area contributed by atoms with E-state index >= 15 is 0 Å². The molecule has 3 nitrogen and oxygen atoms in total. The molecule has 0 bridgehead atoms. The number of alkyl halides is 3. The van der Waals surface area contributed by atoms with Crippen LogP contribution in [0, 0.1) is 29.4 Å². The van der Waals surface area contributed by atoms with Gasteiger partial charge in [-0.3, -0.25) is 4.85 Å². The third-order valence-corrected chi connectivity index (χ3v) is 4.01. The van der Waals surface area contributed by atoms with Gasteiger partial charge in [0.25, 0.3) is 0 Å². The van der Waals surface area contributed by atoms with Crippen LogP contribution in [0.4, 0.5) is 13.2 Å². The smallest absolute Gasteiger partial charge is 0.294 e. The molecule has 0 N–H and O–H groups in total. The van der Waals surface area contributed by atoms with Crippen LogP contribution >= 0.6 is 0 Å². The van der Waals surface area contributed by atoms with Crippen LogP contribution < -0.4 is 0 Å². The van der Waals surface area contributed by atoms with E-state index in [1.807, 2.05) is 0 Å². The van der Waals surface area contributed by atoms with Crippen molar-refractivity contribution in [1.82, 2.24) is 4.98 Å². The van der Waals surface area contributed by atoms with Gasteiger partial charge in [-0.25, -0.2) is 11.6 Å². The molecule has 1 atom stereocenters. The van der Waals surface area contributed by atoms with E-state index in [0.717, 1.165) is 0 Å². The largest absolute Gasteiger partial charge is 0.389 e. The average molecular weight is 349 g/mol. The van der Waals surface area contributed by atoms with Gasteiger partial charge >= 0.3 is 11.7 Å². The lowest BCUT2D eigenvalue weighted by molar-refractivity contribution is -0.136. The first-order valence-corrected chi connectivity index (χ1v) is 10.8. The summed E-state index contributed by atoms with van der Waals surface area (Å²) < 4.78 is 37.2. The molecule has 0 aromatic carbocycles. The van der Waals surface area contributed by atoms with Crippen LogP contribution in [0.25, 0.3) is 4.85 Å². The number of aromatic nitrogens is 1. The van der Waals surface area contributed by atoms with Crippen molar-refractivity contribution in [1.29, 1.82) is 5.26 Å². The maximum absolute atomic E-state index is 12.4. The van der Waals surface area contributed by atoms with E-state index < -0.39 is 32.6 Å². The normalized spacial score (nSPS) is 13.8. The molecule has 0 aliphatic carbocycles. The van der Waals surface area contributed by atoms with Crippen LogP contribution in [0.3, 0.4) is 0 Å². The third-order valence-electron chi connectivity index (χ3n) is 3.13. The molecule has 0 aliphatic heterocycles. The molecule has 1 rings (SSSR count). The lowest BCUT2D eigenvalue weighted by Crippen LogP contribution is -2.28. The number of rotatable bonds is 4. The summed E-state index contributed by atoms with van der Waals surface area (Å²) in [6.45, 7) is 13.4. The predicted molar refractivity (Wildman–Crippen MR) is 88.4 cm³/mol. The number of pyridine rings is 1. The minimum Gasteiger partial charge on any atom is -0.294 e. The van der Waals surface area contributed by atoms with Gasteiger partial charge < -0.3 is 0 Å². The van der Waals surface area contributed by atoms with Crippen molar-refractivity contribution in [2.45, 2.75) is 50.6 Å². The van der Waals surface area contributed by atoms with Crippen LogP contribution in [0.15, 0.2) is 18.3 Å². The molecular formula is C17H18F3N3Si. The fraction of sp³-hybridized carbons (Fsp3) is 0.471. The average Bonchev–Trinajstić information content (AvgIpc) is 2.49. The van der Waals surface area contributed by atoms with E-state index in [2.05, 4.69) is 40.9 Å². The van der Waals surface area contributed by atoms with Crippen molar-refractivity contribution in [3.05, 3.63) is 41.0 Å². The molecule has 0 spiro atoms. The second-order valence-electron chi connectivity index (χ2n) is 6.60. The summed E-state index contributed by atoms with van der Waals surface area (Å²) in [5.41, 5.74) is 2.57. The molecule has 0 radical (unpaired) electrons. The fourth-order valence-electron chi connectivity index (χ4n) is 1.85. The summed E-state index contributed by atoms with van der Waals surface area (Å²) >= 11 is 0. The summed E-state index contributed by atoms with van der Waals surface area (Å²) in [6, 6.07) is 5.07. The highest BCUT2D eigenvalue weighted by Crippen LogP contribution is 2.30. The Morgan fingerprint density at radius 2 is 1.92 bits per heavy atom. The standard InChI is InChI=1S/C17H18F3N3Si/c1-22-16(13-21,8-9-17(18,19)20)11-14-5-6-15(23-12-14)7-10-24(2,3)4/h5-6,12H,8-9,11H2,2-4H3. The van der Waals surface area contributed by atoms with Crippen molar-refractivity contribution < 1.29 is 13.2 Å². The molecule has 24 heavy (non-hydrogen) atoms. The minimum absolute atomic E-state index is 0.0855. The molecular weight excluding hydrogens is 331 g/mol. The highest BCUT2D eigenvalue weighted by atomic mass is 28.3. The molecule has 1 aromatic heterocycles. The fourth-order valence-corrected chi connectivity index (χ4v) is 2.35. The van der Waals surface area contributed by atoms with Crippen molar-refractivity contribution in [3.8, 4) is 17.5 Å². The van der Waals surface area contributed by atoms with Gasteiger partial charge in [-0.1, -0.05) is 31.6 Å². The van der Waals surface area contributed by atoms with Crippen molar-refractivity contribution in [2.75, 3.05) is 0 Å². The monoisotopic (exact) mass is 349 g/mol. The Balaban J connectivity index is 2.91. The van der Waals surface area contributed by atoms with E-state index in [1.165, 1.54) is 6.20 Å². The van der Waals surface area contributed by atoms with Crippen LogP contribution in [0.5, 0.6) is 0 Å². The summed E-state index contributed by atoms with van der Waals surface area (Å²) in [5, 5.41) is 9.19. The summed E-state index contributed by atoms with van der Waals surface area (Å²) in [7, 11) is -1.52. The second-order valence-corrected chi connectivity index (χ2v) is 11.3. The SMILES string of the molecule is [C-]#[N+]C(C#N)(CCC(F)(F)F)Cc1ccc(C#C[Si](C)(C)C)nc1. The molecule has 7 heteroatoms. The Bertz CT molecular complexity index is 694. The summed E-state index contributed by atoms with van der Waals surface area (Å²) in [5.74, 6) is 2.97. The minimum atomic E-state index is -4.39. The first-order chi connectivity index (χ1) is 11.0. The molecule has 0 saturated carbocycles. The van der Waals surface area contributed by atoms with E-state index in [-0.39, 0.29) is 6.42 Å². The Labute approximate surface area is 141 Å². The highest BCUT2D eigenvalue weighted by molar-refractivity contribution is 6.83. The Morgan fingerprint density at radius 3 is 2.33 bits per heavy atom. The van der Waals surface area contributed by atoms with Crippen LogP contribution in [-0.2, 0) is 6.42 Å². The van der Waals surface area contributed by atoms with E-state index in [9.17, 15) is 18.4 Å². The number of nitriles is 1. The number of halogens is 3. The summed E-state index contributed by atoms with van der Waals surface area (Å²) in [6.07, 6.45) is -4.71. The third kappa shape index (κ3) is 6.85. The van der Waals surface area contributed by atoms with E-state index in [1.54, 1.807) is 18.2 Å². The van der Waals surface area contributed by atoms with Gasteiger partial charge in [0.1, 0.15) is 13.8 Å². The second kappa shape index (κ2) is 7.51. The maximum atomic E-state index is 12.4. The Kier molecular flexibility index (Phi) is 6.18. The van der Waals surface area contributed by atoms with Crippen molar-refractivity contribution in [2.24, 2.45) is 0 Å². The van der Waals surface area contributed by atoms with Gasteiger partial charge in [0.2, 0.25) is 0 Å². The number of nitrogens with zero attached hydrogens (tertiary/aromatic N) is 3. The summed E-state index contributed by atoms with van der Waals surface area (Å²) in [4.78, 5) is 7.32. The molecule has 0 saturated heterocycles. The molecule has 0 amide bonds. The van der Waals surface area contributed by atoms with Gasteiger partial charge in [-0.2, -0.15) is 18.4 Å². The molecule has 1 heterocycles.